The minimum atomic E-state index is -1.16. The van der Waals surface area contributed by atoms with Crippen LogP contribution >= 0.6 is 0 Å². The molecule has 110 valence electrons. The van der Waals surface area contributed by atoms with Gasteiger partial charge in [0.25, 0.3) is 0 Å². The van der Waals surface area contributed by atoms with Gasteiger partial charge in [-0.3, -0.25) is 0 Å². The van der Waals surface area contributed by atoms with Crippen molar-refractivity contribution in [1.82, 2.24) is 4.90 Å². The van der Waals surface area contributed by atoms with Crippen molar-refractivity contribution in [3.63, 3.8) is 0 Å². The van der Waals surface area contributed by atoms with Crippen LogP contribution < -0.4 is 5.32 Å². The Hall–Kier alpha value is -2.48. The van der Waals surface area contributed by atoms with E-state index in [1.54, 1.807) is 31.2 Å². The Kier molecular flexibility index (Phi) is 4.18. The molecule has 0 saturated carbocycles. The summed E-state index contributed by atoms with van der Waals surface area (Å²) < 4.78 is 0. The number of hydrogen-bond acceptors (Lipinski definition) is 2. The number of amides is 2. The first-order valence-corrected chi connectivity index (χ1v) is 6.86. The van der Waals surface area contributed by atoms with Crippen LogP contribution in [0.15, 0.2) is 24.3 Å². The maximum Gasteiger partial charge on any atom is 0.329 e. The van der Waals surface area contributed by atoms with Crippen LogP contribution in [0.5, 0.6) is 0 Å². The zero-order valence-electron chi connectivity index (χ0n) is 11.9. The molecule has 0 aromatic heterocycles. The van der Waals surface area contributed by atoms with Gasteiger partial charge in [0.15, 0.2) is 0 Å². The molecule has 2 rings (SSSR count). The molecule has 0 bridgehead atoms. The number of carbonyl (C=O) groups excluding carboxylic acids is 1. The third kappa shape index (κ3) is 3.00. The van der Waals surface area contributed by atoms with Crippen LogP contribution in [0.2, 0.25) is 0 Å². The molecular formula is C16H18N2O3. The summed E-state index contributed by atoms with van der Waals surface area (Å²) in [6, 6.07) is 6.50. The second kappa shape index (κ2) is 5.88. The maximum absolute atomic E-state index is 12.4. The number of nitrogens with one attached hydrogen (secondary N) is 1. The van der Waals surface area contributed by atoms with Crippen LogP contribution in [0.3, 0.4) is 0 Å². The summed E-state index contributed by atoms with van der Waals surface area (Å²) in [6.07, 6.45) is 7.39. The number of terminal acetylenes is 1. The Labute approximate surface area is 124 Å². The van der Waals surface area contributed by atoms with Crippen LogP contribution in [0.4, 0.5) is 10.5 Å². The lowest BCUT2D eigenvalue weighted by Crippen LogP contribution is -2.58. The third-order valence-electron chi connectivity index (χ3n) is 3.88. The normalized spacial score (nSPS) is 21.4. The average Bonchev–Trinajstić information content (AvgIpc) is 2.47. The van der Waals surface area contributed by atoms with E-state index in [1.165, 1.54) is 4.90 Å². The molecule has 1 aromatic carbocycles. The van der Waals surface area contributed by atoms with E-state index in [4.69, 9.17) is 6.42 Å². The number of carboxylic acid groups (broad SMARTS) is 1. The highest BCUT2D eigenvalue weighted by atomic mass is 16.4. The second-order valence-electron chi connectivity index (χ2n) is 5.34. The number of carbonyl (C=O) groups is 2. The minimum Gasteiger partial charge on any atom is -0.480 e. The number of aliphatic carboxylic acids is 1. The molecule has 1 heterocycles. The summed E-state index contributed by atoms with van der Waals surface area (Å²) >= 11 is 0. The topological polar surface area (TPSA) is 69.6 Å². The number of carboxylic acids is 1. The summed E-state index contributed by atoms with van der Waals surface area (Å²) in [5.74, 6) is 1.52. The zero-order valence-corrected chi connectivity index (χ0v) is 11.9. The molecule has 1 aromatic rings. The Morgan fingerprint density at radius 2 is 2.19 bits per heavy atom. The van der Waals surface area contributed by atoms with Crippen LogP contribution in [-0.4, -0.2) is 34.1 Å². The van der Waals surface area contributed by atoms with Crippen molar-refractivity contribution >= 4 is 17.7 Å². The number of piperidine rings is 1. The largest absolute Gasteiger partial charge is 0.480 e. The van der Waals surface area contributed by atoms with Gasteiger partial charge in [-0.2, -0.15) is 0 Å². The molecule has 1 saturated heterocycles. The van der Waals surface area contributed by atoms with E-state index in [0.29, 0.717) is 24.2 Å². The van der Waals surface area contributed by atoms with Gasteiger partial charge in [-0.15, -0.1) is 6.42 Å². The molecule has 1 aliphatic rings. The second-order valence-corrected chi connectivity index (χ2v) is 5.34. The van der Waals surface area contributed by atoms with Crippen molar-refractivity contribution in [2.45, 2.75) is 31.7 Å². The minimum absolute atomic E-state index is 0.409. The van der Waals surface area contributed by atoms with E-state index in [2.05, 4.69) is 11.2 Å². The Morgan fingerprint density at radius 1 is 1.43 bits per heavy atom. The molecular weight excluding hydrogens is 268 g/mol. The highest BCUT2D eigenvalue weighted by Gasteiger charge is 2.43. The van der Waals surface area contributed by atoms with Crippen molar-refractivity contribution in [3.05, 3.63) is 29.8 Å². The van der Waals surface area contributed by atoms with E-state index in [-0.39, 0.29) is 0 Å². The van der Waals surface area contributed by atoms with E-state index in [9.17, 15) is 14.7 Å². The highest BCUT2D eigenvalue weighted by Crippen LogP contribution is 2.29. The smallest absolute Gasteiger partial charge is 0.329 e. The van der Waals surface area contributed by atoms with E-state index < -0.39 is 17.5 Å². The lowest BCUT2D eigenvalue weighted by molar-refractivity contribution is -0.150. The number of rotatable bonds is 2. The van der Waals surface area contributed by atoms with Gasteiger partial charge in [-0.1, -0.05) is 12.0 Å². The van der Waals surface area contributed by atoms with Crippen molar-refractivity contribution < 1.29 is 14.7 Å². The van der Waals surface area contributed by atoms with Gasteiger partial charge >= 0.3 is 12.0 Å². The molecule has 1 aliphatic heterocycles. The van der Waals surface area contributed by atoms with Crippen molar-refractivity contribution in [1.29, 1.82) is 0 Å². The van der Waals surface area contributed by atoms with Crippen LogP contribution in [0.25, 0.3) is 0 Å². The van der Waals surface area contributed by atoms with Crippen LogP contribution in [0.1, 0.15) is 31.7 Å². The first-order chi connectivity index (χ1) is 9.97. The quantitative estimate of drug-likeness (QED) is 0.821. The summed E-state index contributed by atoms with van der Waals surface area (Å²) in [4.78, 5) is 25.3. The van der Waals surface area contributed by atoms with Crippen LogP contribution in [-0.2, 0) is 4.79 Å². The fourth-order valence-electron chi connectivity index (χ4n) is 2.55. The summed E-state index contributed by atoms with van der Waals surface area (Å²) in [5, 5.41) is 12.1. The van der Waals surface area contributed by atoms with E-state index >= 15 is 0 Å². The SMILES string of the molecule is C#Cc1cccc(NC(=O)N2CCCCC2(C)C(=O)O)c1. The monoisotopic (exact) mass is 286 g/mol. The fourth-order valence-corrected chi connectivity index (χ4v) is 2.55. The lowest BCUT2D eigenvalue weighted by atomic mass is 9.89. The van der Waals surface area contributed by atoms with Gasteiger partial charge in [-0.05, 0) is 44.4 Å². The van der Waals surface area contributed by atoms with Gasteiger partial charge in [-0.25, -0.2) is 9.59 Å². The fraction of sp³-hybridized carbons (Fsp3) is 0.375. The van der Waals surface area contributed by atoms with Gasteiger partial charge in [0.1, 0.15) is 5.54 Å². The highest BCUT2D eigenvalue weighted by molar-refractivity contribution is 5.94. The molecule has 2 N–H and O–H groups in total. The lowest BCUT2D eigenvalue weighted by Gasteiger charge is -2.41. The molecule has 1 atom stereocenters. The average molecular weight is 286 g/mol. The molecule has 0 spiro atoms. The van der Waals surface area contributed by atoms with Gasteiger partial charge in [0.05, 0.1) is 0 Å². The molecule has 0 aliphatic carbocycles. The summed E-state index contributed by atoms with van der Waals surface area (Å²) in [6.45, 7) is 2.02. The number of hydrogen-bond donors (Lipinski definition) is 2. The number of nitrogens with zero attached hydrogens (tertiary/aromatic N) is 1. The zero-order chi connectivity index (χ0) is 15.5. The molecule has 1 unspecified atom stereocenters. The molecule has 2 amide bonds. The van der Waals surface area contributed by atoms with Crippen molar-refractivity contribution in [2.24, 2.45) is 0 Å². The molecule has 0 radical (unpaired) electrons. The Balaban J connectivity index is 2.18. The molecule has 5 nitrogen and oxygen atoms in total. The summed E-state index contributed by atoms with van der Waals surface area (Å²) in [7, 11) is 0. The standard InChI is InChI=1S/C16H18N2O3/c1-3-12-7-6-8-13(11-12)17-15(21)18-10-5-4-9-16(18,2)14(19)20/h1,6-8,11H,4-5,9-10H2,2H3,(H,17,21)(H,19,20). The first-order valence-electron chi connectivity index (χ1n) is 6.86. The van der Waals surface area contributed by atoms with Crippen LogP contribution in [0, 0.1) is 12.3 Å². The van der Waals surface area contributed by atoms with Gasteiger partial charge in [0.2, 0.25) is 0 Å². The maximum atomic E-state index is 12.4. The Morgan fingerprint density at radius 3 is 2.86 bits per heavy atom. The van der Waals surface area contributed by atoms with Crippen molar-refractivity contribution in [3.8, 4) is 12.3 Å². The molecule has 1 fully saturated rings. The van der Waals surface area contributed by atoms with E-state index in [0.717, 1.165) is 12.8 Å². The van der Waals surface area contributed by atoms with Crippen molar-refractivity contribution in [2.75, 3.05) is 11.9 Å². The number of likely N-dealkylation sites (tertiary alicyclic amines) is 1. The van der Waals surface area contributed by atoms with Gasteiger partial charge in [0, 0.05) is 17.8 Å². The third-order valence-corrected chi connectivity index (χ3v) is 3.88. The first kappa shape index (κ1) is 14.9. The van der Waals surface area contributed by atoms with E-state index in [1.807, 2.05) is 0 Å². The van der Waals surface area contributed by atoms with Gasteiger partial charge < -0.3 is 15.3 Å². The number of benzene rings is 1. The predicted molar refractivity (Wildman–Crippen MR) is 80.0 cm³/mol. The Bertz CT molecular complexity index is 606. The predicted octanol–water partition coefficient (Wildman–Crippen LogP) is 2.53. The number of urea groups is 1. The molecule has 21 heavy (non-hydrogen) atoms. The number of anilines is 1. The summed E-state index contributed by atoms with van der Waals surface area (Å²) in [5.41, 5.74) is 0.0627. The molecule has 5 heteroatoms.